The lowest BCUT2D eigenvalue weighted by atomic mass is 9.97. The number of hydrogen-bond acceptors (Lipinski definition) is 9. The van der Waals surface area contributed by atoms with Crippen LogP contribution in [0.2, 0.25) is 0 Å². The molecule has 0 N–H and O–H groups in total. The molecule has 0 aliphatic carbocycles. The van der Waals surface area contributed by atoms with Crippen molar-refractivity contribution >= 4 is 23.8 Å². The zero-order valence-corrected chi connectivity index (χ0v) is 17.1. The molecule has 158 valence electrons. The van der Waals surface area contributed by atoms with Gasteiger partial charge < -0.3 is 23.4 Å². The molecule has 0 aliphatic heterocycles. The van der Waals surface area contributed by atoms with E-state index in [2.05, 4.69) is 0 Å². The standard InChI is InChI=1S/C21H20O9/c1-6-7-15-20(30-11(2)22)19(24)14(10-29-15)18(23)17-13(21(25)28-5)8-12(26-3)9-16(17)27-4/h6-10H,1-5H3. The predicted molar refractivity (Wildman–Crippen MR) is 105 cm³/mol. The summed E-state index contributed by atoms with van der Waals surface area (Å²) < 4.78 is 25.4. The summed E-state index contributed by atoms with van der Waals surface area (Å²) in [4.78, 5) is 49.9. The first-order valence-electron chi connectivity index (χ1n) is 8.64. The van der Waals surface area contributed by atoms with Crippen LogP contribution in [0.1, 0.15) is 45.9 Å². The van der Waals surface area contributed by atoms with Gasteiger partial charge in [-0.1, -0.05) is 6.08 Å². The lowest BCUT2D eigenvalue weighted by Gasteiger charge is -2.14. The fraction of sp³-hybridized carbons (Fsp3) is 0.238. The first-order valence-corrected chi connectivity index (χ1v) is 8.64. The van der Waals surface area contributed by atoms with Gasteiger partial charge in [-0.2, -0.15) is 0 Å². The van der Waals surface area contributed by atoms with Gasteiger partial charge in [0.05, 0.1) is 32.5 Å². The van der Waals surface area contributed by atoms with Crippen molar-refractivity contribution in [3.8, 4) is 17.2 Å². The van der Waals surface area contributed by atoms with Crippen molar-refractivity contribution in [3.63, 3.8) is 0 Å². The summed E-state index contributed by atoms with van der Waals surface area (Å²) in [5.41, 5.74) is -1.76. The Balaban J connectivity index is 2.79. The zero-order chi connectivity index (χ0) is 22.4. The van der Waals surface area contributed by atoms with Crippen LogP contribution in [0.4, 0.5) is 0 Å². The van der Waals surface area contributed by atoms with Gasteiger partial charge in [-0.05, 0) is 19.1 Å². The van der Waals surface area contributed by atoms with Gasteiger partial charge in [0.1, 0.15) is 23.3 Å². The number of ether oxygens (including phenoxy) is 4. The van der Waals surface area contributed by atoms with Crippen LogP contribution in [-0.4, -0.2) is 39.1 Å². The van der Waals surface area contributed by atoms with Gasteiger partial charge in [0.2, 0.25) is 17.0 Å². The minimum atomic E-state index is -0.886. The fourth-order valence-corrected chi connectivity index (χ4v) is 2.64. The Morgan fingerprint density at radius 3 is 2.27 bits per heavy atom. The number of ketones is 1. The molecule has 0 bridgehead atoms. The molecule has 30 heavy (non-hydrogen) atoms. The lowest BCUT2D eigenvalue weighted by molar-refractivity contribution is -0.132. The van der Waals surface area contributed by atoms with Crippen LogP contribution in [0.25, 0.3) is 6.08 Å². The molecule has 9 nitrogen and oxygen atoms in total. The highest BCUT2D eigenvalue weighted by Crippen LogP contribution is 2.31. The van der Waals surface area contributed by atoms with Crippen molar-refractivity contribution in [2.24, 2.45) is 0 Å². The van der Waals surface area contributed by atoms with Crippen LogP contribution in [0.3, 0.4) is 0 Å². The van der Waals surface area contributed by atoms with E-state index in [1.54, 1.807) is 13.0 Å². The van der Waals surface area contributed by atoms with Crippen LogP contribution in [-0.2, 0) is 9.53 Å². The molecule has 1 heterocycles. The fourth-order valence-electron chi connectivity index (χ4n) is 2.64. The first-order chi connectivity index (χ1) is 14.3. The van der Waals surface area contributed by atoms with Crippen molar-refractivity contribution in [2.75, 3.05) is 21.3 Å². The Morgan fingerprint density at radius 1 is 1.03 bits per heavy atom. The molecular weight excluding hydrogens is 396 g/mol. The van der Waals surface area contributed by atoms with Crippen LogP contribution in [0.15, 0.2) is 33.7 Å². The second-order valence-corrected chi connectivity index (χ2v) is 5.84. The summed E-state index contributed by atoms with van der Waals surface area (Å²) in [5.74, 6) is -2.77. The van der Waals surface area contributed by atoms with E-state index in [0.717, 1.165) is 20.3 Å². The maximum Gasteiger partial charge on any atom is 0.338 e. The molecule has 0 aliphatic rings. The molecule has 1 aromatic heterocycles. The maximum atomic E-state index is 13.2. The molecule has 0 saturated carbocycles. The smallest absolute Gasteiger partial charge is 0.338 e. The Kier molecular flexibility index (Phi) is 7.13. The number of hydrogen-bond donors (Lipinski definition) is 0. The van der Waals surface area contributed by atoms with Gasteiger partial charge in [0.25, 0.3) is 0 Å². The van der Waals surface area contributed by atoms with Crippen LogP contribution in [0.5, 0.6) is 17.2 Å². The maximum absolute atomic E-state index is 13.2. The SMILES string of the molecule is CC=Cc1occ(C(=O)c2c(OC)cc(OC)cc2C(=O)OC)c(=O)c1OC(C)=O. The average Bonchev–Trinajstić information content (AvgIpc) is 2.74. The molecule has 1 aromatic carbocycles. The summed E-state index contributed by atoms with van der Waals surface area (Å²) in [6.07, 6.45) is 3.90. The van der Waals surface area contributed by atoms with Gasteiger partial charge in [0.15, 0.2) is 5.76 Å². The minimum absolute atomic E-state index is 0.0225. The largest absolute Gasteiger partial charge is 0.497 e. The Labute approximate surface area is 171 Å². The van der Waals surface area contributed by atoms with E-state index >= 15 is 0 Å². The second-order valence-electron chi connectivity index (χ2n) is 5.84. The van der Waals surface area contributed by atoms with Crippen molar-refractivity contribution in [1.29, 1.82) is 0 Å². The molecular formula is C21H20O9. The highest BCUT2D eigenvalue weighted by atomic mass is 16.5. The van der Waals surface area contributed by atoms with Crippen molar-refractivity contribution in [1.82, 2.24) is 0 Å². The summed E-state index contributed by atoms with van der Waals surface area (Å²) in [6.45, 7) is 2.77. The monoisotopic (exact) mass is 416 g/mol. The third kappa shape index (κ3) is 4.40. The predicted octanol–water partition coefficient (Wildman–Crippen LogP) is 2.63. The normalized spacial score (nSPS) is 10.6. The summed E-state index contributed by atoms with van der Waals surface area (Å²) in [5, 5.41) is 0. The van der Waals surface area contributed by atoms with E-state index in [1.807, 2.05) is 0 Å². The van der Waals surface area contributed by atoms with Gasteiger partial charge in [-0.3, -0.25) is 14.4 Å². The van der Waals surface area contributed by atoms with E-state index in [9.17, 15) is 19.2 Å². The Morgan fingerprint density at radius 2 is 1.73 bits per heavy atom. The Hall–Kier alpha value is -3.88. The lowest BCUT2D eigenvalue weighted by Crippen LogP contribution is -2.22. The molecule has 0 spiro atoms. The van der Waals surface area contributed by atoms with E-state index in [-0.39, 0.29) is 28.4 Å². The third-order valence-corrected chi connectivity index (χ3v) is 3.95. The molecule has 0 unspecified atom stereocenters. The number of allylic oxidation sites excluding steroid dienone is 1. The van der Waals surface area contributed by atoms with Crippen molar-refractivity contribution in [2.45, 2.75) is 13.8 Å². The van der Waals surface area contributed by atoms with E-state index < -0.39 is 34.5 Å². The molecule has 0 amide bonds. The first kappa shape index (κ1) is 22.4. The van der Waals surface area contributed by atoms with Gasteiger partial charge in [-0.15, -0.1) is 0 Å². The summed E-state index contributed by atoms with van der Waals surface area (Å²) >= 11 is 0. The number of benzene rings is 1. The van der Waals surface area contributed by atoms with Crippen molar-refractivity contribution in [3.05, 3.63) is 57.1 Å². The topological polar surface area (TPSA) is 118 Å². The van der Waals surface area contributed by atoms with Gasteiger partial charge >= 0.3 is 11.9 Å². The average molecular weight is 416 g/mol. The minimum Gasteiger partial charge on any atom is -0.497 e. The highest BCUT2D eigenvalue weighted by molar-refractivity contribution is 6.16. The molecule has 0 fully saturated rings. The number of carbonyl (C=O) groups excluding carboxylic acids is 3. The van der Waals surface area contributed by atoms with E-state index in [4.69, 9.17) is 23.4 Å². The van der Waals surface area contributed by atoms with Crippen molar-refractivity contribution < 1.29 is 37.7 Å². The molecule has 0 radical (unpaired) electrons. The molecule has 9 heteroatoms. The molecule has 2 rings (SSSR count). The highest BCUT2D eigenvalue weighted by Gasteiger charge is 2.29. The molecule has 0 atom stereocenters. The molecule has 2 aromatic rings. The van der Waals surface area contributed by atoms with Crippen LogP contribution < -0.4 is 19.6 Å². The zero-order valence-electron chi connectivity index (χ0n) is 17.1. The number of rotatable bonds is 7. The van der Waals surface area contributed by atoms with Gasteiger partial charge in [0, 0.05) is 13.0 Å². The number of methoxy groups -OCH3 is 3. The van der Waals surface area contributed by atoms with Crippen LogP contribution >= 0.6 is 0 Å². The number of esters is 2. The number of carbonyl (C=O) groups is 3. The van der Waals surface area contributed by atoms with Crippen LogP contribution in [0, 0.1) is 0 Å². The van der Waals surface area contributed by atoms with Gasteiger partial charge in [-0.25, -0.2) is 4.79 Å². The quantitative estimate of drug-likeness (QED) is 0.496. The van der Waals surface area contributed by atoms with E-state index in [1.165, 1.54) is 32.4 Å². The molecule has 0 saturated heterocycles. The van der Waals surface area contributed by atoms with E-state index in [0.29, 0.717) is 0 Å². The second kappa shape index (κ2) is 9.55. The summed E-state index contributed by atoms with van der Waals surface area (Å²) in [6, 6.07) is 2.66. The third-order valence-electron chi connectivity index (χ3n) is 3.95. The Bertz CT molecular complexity index is 1080. The summed E-state index contributed by atoms with van der Waals surface area (Å²) in [7, 11) is 3.80.